The molecule has 0 radical (unpaired) electrons. The van der Waals surface area contributed by atoms with E-state index in [1.54, 1.807) is 0 Å². The van der Waals surface area contributed by atoms with Crippen LogP contribution in [0.25, 0.3) is 0 Å². The Balaban J connectivity index is 3.35. The van der Waals surface area contributed by atoms with Gasteiger partial charge in [0.2, 0.25) is 0 Å². The van der Waals surface area contributed by atoms with Gasteiger partial charge in [0.05, 0.1) is 5.56 Å². The fourth-order valence-electron chi connectivity index (χ4n) is 0.886. The van der Waals surface area contributed by atoms with Crippen molar-refractivity contribution in [1.82, 2.24) is 4.98 Å². The van der Waals surface area contributed by atoms with E-state index in [2.05, 4.69) is 4.98 Å². The average molecular weight is 211 g/mol. The van der Waals surface area contributed by atoms with E-state index in [-0.39, 0.29) is 11.4 Å². The Morgan fingerprint density at radius 2 is 2.00 bits per heavy atom. The molecular weight excluding hydrogens is 207 g/mol. The van der Waals surface area contributed by atoms with E-state index in [1.807, 2.05) is 11.8 Å². The Morgan fingerprint density at radius 3 is 2.53 bits per heavy atom. The van der Waals surface area contributed by atoms with Gasteiger partial charge in [-0.05, 0) is 18.1 Å². The van der Waals surface area contributed by atoms with Crippen molar-refractivity contribution >= 4 is 5.82 Å². The molecule has 0 aliphatic carbocycles. The molecule has 15 heavy (non-hydrogen) atoms. The molecule has 6 heteroatoms. The topological polar surface area (TPSA) is 62.7 Å². The number of nitrogens with zero attached hydrogens (tertiary/aromatic N) is 2. The fraction of sp³-hybridized carbons (Fsp3) is 0.111. The molecule has 0 saturated carbocycles. The molecule has 0 unspecified atom stereocenters. The summed E-state index contributed by atoms with van der Waals surface area (Å²) < 4.78 is 37.2. The number of rotatable bonds is 0. The van der Waals surface area contributed by atoms with E-state index in [4.69, 9.17) is 11.0 Å². The summed E-state index contributed by atoms with van der Waals surface area (Å²) in [5.74, 6) is 3.67. The highest BCUT2D eigenvalue weighted by Crippen LogP contribution is 2.30. The second kappa shape index (κ2) is 3.89. The minimum atomic E-state index is -4.63. The summed E-state index contributed by atoms with van der Waals surface area (Å²) in [7, 11) is 0. The van der Waals surface area contributed by atoms with E-state index >= 15 is 0 Å². The second-order valence-corrected chi connectivity index (χ2v) is 2.49. The van der Waals surface area contributed by atoms with Gasteiger partial charge >= 0.3 is 6.18 Å². The molecule has 1 aromatic rings. The Kier molecular flexibility index (Phi) is 2.82. The summed E-state index contributed by atoms with van der Waals surface area (Å²) in [5.41, 5.74) is 3.59. The highest BCUT2D eigenvalue weighted by molar-refractivity contribution is 5.46. The zero-order valence-electron chi connectivity index (χ0n) is 7.26. The molecule has 0 aliphatic heterocycles. The van der Waals surface area contributed by atoms with Crippen molar-refractivity contribution in [3.8, 4) is 17.9 Å². The summed E-state index contributed by atoms with van der Waals surface area (Å²) in [6.07, 6.45) is -4.63. The van der Waals surface area contributed by atoms with Gasteiger partial charge in [-0.2, -0.15) is 18.4 Å². The van der Waals surface area contributed by atoms with E-state index in [0.29, 0.717) is 0 Å². The Labute approximate surface area is 83.3 Å². The maximum atomic E-state index is 12.4. The first-order valence-electron chi connectivity index (χ1n) is 3.69. The molecule has 76 valence electrons. The highest BCUT2D eigenvalue weighted by atomic mass is 19.4. The van der Waals surface area contributed by atoms with Crippen LogP contribution >= 0.6 is 0 Å². The van der Waals surface area contributed by atoms with Crippen molar-refractivity contribution in [1.29, 1.82) is 5.26 Å². The van der Waals surface area contributed by atoms with Gasteiger partial charge in [-0.3, -0.25) is 0 Å². The van der Waals surface area contributed by atoms with Gasteiger partial charge in [-0.1, -0.05) is 0 Å². The highest BCUT2D eigenvalue weighted by Gasteiger charge is 2.35. The van der Waals surface area contributed by atoms with Gasteiger partial charge in [0, 0.05) is 5.92 Å². The number of nitrogen functional groups attached to an aromatic ring is 1. The van der Waals surface area contributed by atoms with E-state index in [9.17, 15) is 13.2 Å². The van der Waals surface area contributed by atoms with Crippen LogP contribution in [0, 0.1) is 23.2 Å². The molecule has 0 aromatic carbocycles. The first kappa shape index (κ1) is 10.9. The van der Waals surface area contributed by atoms with Crippen LogP contribution in [0.4, 0.5) is 19.0 Å². The monoisotopic (exact) mass is 211 g/mol. The molecule has 0 fully saturated rings. The number of alkyl halides is 3. The first-order chi connectivity index (χ1) is 6.95. The Bertz CT molecular complexity index is 474. The van der Waals surface area contributed by atoms with E-state index in [1.165, 1.54) is 12.1 Å². The summed E-state index contributed by atoms with van der Waals surface area (Å²) in [5, 5.41) is 8.13. The van der Waals surface area contributed by atoms with Crippen LogP contribution in [0.5, 0.6) is 0 Å². The standard InChI is InChI=1S/C9H4F3N3/c10-9(11,12)8-6(2-1-5-13)3-4-7(14)15-8/h3-4H,(H2,14,15). The lowest BCUT2D eigenvalue weighted by atomic mass is 10.2. The molecule has 0 bridgehead atoms. The molecule has 2 N–H and O–H groups in total. The third-order valence-electron chi connectivity index (χ3n) is 1.44. The maximum Gasteiger partial charge on any atom is 0.434 e. The molecule has 0 atom stereocenters. The summed E-state index contributed by atoms with van der Waals surface area (Å²) in [6, 6.07) is 3.69. The quantitative estimate of drug-likeness (QED) is 0.662. The van der Waals surface area contributed by atoms with Crippen LogP contribution < -0.4 is 5.73 Å². The van der Waals surface area contributed by atoms with Crippen molar-refractivity contribution in [2.24, 2.45) is 0 Å². The van der Waals surface area contributed by atoms with Crippen LogP contribution in [0.15, 0.2) is 12.1 Å². The lowest BCUT2D eigenvalue weighted by Crippen LogP contribution is -2.12. The van der Waals surface area contributed by atoms with Crippen LogP contribution in [-0.4, -0.2) is 4.98 Å². The Hall–Kier alpha value is -2.21. The van der Waals surface area contributed by atoms with Crippen molar-refractivity contribution in [2.75, 3.05) is 5.73 Å². The molecule has 1 rings (SSSR count). The van der Waals surface area contributed by atoms with Gasteiger partial charge in [-0.25, -0.2) is 4.98 Å². The minimum absolute atomic E-state index is 0.246. The number of hydrogen-bond donors (Lipinski definition) is 1. The number of hydrogen-bond acceptors (Lipinski definition) is 3. The molecule has 0 spiro atoms. The van der Waals surface area contributed by atoms with Gasteiger partial charge in [0.1, 0.15) is 5.82 Å². The summed E-state index contributed by atoms with van der Waals surface area (Å²) in [6.45, 7) is 0. The van der Waals surface area contributed by atoms with Crippen LogP contribution in [-0.2, 0) is 6.18 Å². The lowest BCUT2D eigenvalue weighted by Gasteiger charge is -2.07. The van der Waals surface area contributed by atoms with E-state index < -0.39 is 11.9 Å². The predicted molar refractivity (Wildman–Crippen MR) is 46.1 cm³/mol. The van der Waals surface area contributed by atoms with Crippen LogP contribution in [0.3, 0.4) is 0 Å². The van der Waals surface area contributed by atoms with Gasteiger partial charge in [0.15, 0.2) is 11.8 Å². The third-order valence-corrected chi connectivity index (χ3v) is 1.44. The third kappa shape index (κ3) is 2.61. The molecule has 0 aliphatic rings. The molecule has 1 aromatic heterocycles. The van der Waals surface area contributed by atoms with Gasteiger partial charge in [-0.15, -0.1) is 0 Å². The normalized spacial score (nSPS) is 10.0. The summed E-state index contributed by atoms with van der Waals surface area (Å²) in [4.78, 5) is 3.14. The fourth-order valence-corrected chi connectivity index (χ4v) is 0.886. The predicted octanol–water partition coefficient (Wildman–Crippen LogP) is 1.56. The second-order valence-electron chi connectivity index (χ2n) is 2.49. The van der Waals surface area contributed by atoms with Crippen LogP contribution in [0.1, 0.15) is 11.3 Å². The Morgan fingerprint density at radius 1 is 1.33 bits per heavy atom. The van der Waals surface area contributed by atoms with Gasteiger partial charge in [0.25, 0.3) is 0 Å². The van der Waals surface area contributed by atoms with Crippen molar-refractivity contribution < 1.29 is 13.2 Å². The number of halogens is 3. The van der Waals surface area contributed by atoms with Crippen molar-refractivity contribution in [3.05, 3.63) is 23.4 Å². The lowest BCUT2D eigenvalue weighted by molar-refractivity contribution is -0.141. The number of nitrogens with two attached hydrogens (primary N) is 1. The zero-order valence-corrected chi connectivity index (χ0v) is 7.26. The average Bonchev–Trinajstić information content (AvgIpc) is 2.14. The first-order valence-corrected chi connectivity index (χ1v) is 3.69. The number of nitriles is 1. The maximum absolute atomic E-state index is 12.4. The van der Waals surface area contributed by atoms with E-state index in [0.717, 1.165) is 6.07 Å². The molecule has 3 nitrogen and oxygen atoms in total. The molecular formula is C9H4F3N3. The number of anilines is 1. The largest absolute Gasteiger partial charge is 0.434 e. The SMILES string of the molecule is N#CC#Cc1ccc(N)nc1C(F)(F)F. The van der Waals surface area contributed by atoms with Gasteiger partial charge < -0.3 is 5.73 Å². The van der Waals surface area contributed by atoms with Crippen LogP contribution in [0.2, 0.25) is 0 Å². The molecule has 0 saturated heterocycles. The molecule has 1 heterocycles. The zero-order chi connectivity index (χ0) is 11.5. The summed E-state index contributed by atoms with van der Waals surface area (Å²) >= 11 is 0. The van der Waals surface area contributed by atoms with Crippen molar-refractivity contribution in [2.45, 2.75) is 6.18 Å². The smallest absolute Gasteiger partial charge is 0.384 e. The molecule has 0 amide bonds. The number of pyridine rings is 1. The number of aromatic nitrogens is 1. The minimum Gasteiger partial charge on any atom is -0.384 e. The van der Waals surface area contributed by atoms with Crippen molar-refractivity contribution in [3.63, 3.8) is 0 Å².